The minimum atomic E-state index is -0.546. The van der Waals surface area contributed by atoms with Gasteiger partial charge in [0.25, 0.3) is 11.6 Å². The van der Waals surface area contributed by atoms with Gasteiger partial charge in [0.15, 0.2) is 0 Å². The Morgan fingerprint density at radius 3 is 2.36 bits per heavy atom. The van der Waals surface area contributed by atoms with Crippen LogP contribution in [0.2, 0.25) is 0 Å². The lowest BCUT2D eigenvalue weighted by atomic mass is 10.1. The monoisotopic (exact) mass is 339 g/mol. The predicted octanol–water partition coefficient (Wildman–Crippen LogP) is 3.50. The Balaban J connectivity index is 1.78. The molecule has 0 heterocycles. The van der Waals surface area contributed by atoms with Gasteiger partial charge in [0, 0.05) is 35.0 Å². The number of nitro groups is 1. The van der Waals surface area contributed by atoms with Crippen LogP contribution in [-0.4, -0.2) is 16.7 Å². The van der Waals surface area contributed by atoms with E-state index in [1.165, 1.54) is 24.3 Å². The molecule has 0 unspecified atom stereocenters. The molecule has 7 nitrogen and oxygen atoms in total. The Morgan fingerprint density at radius 2 is 1.72 bits per heavy atom. The van der Waals surface area contributed by atoms with Crippen LogP contribution in [-0.2, 0) is 4.79 Å². The number of hydrogen-bond acceptors (Lipinski definition) is 4. The third-order valence-corrected chi connectivity index (χ3v) is 4.11. The Labute approximate surface area is 144 Å². The number of carbonyl (C=O) groups is 2. The molecule has 0 aromatic heterocycles. The summed E-state index contributed by atoms with van der Waals surface area (Å²) < 4.78 is 0. The molecule has 7 heteroatoms. The van der Waals surface area contributed by atoms with Crippen molar-refractivity contribution in [1.82, 2.24) is 0 Å². The molecule has 128 valence electrons. The largest absolute Gasteiger partial charge is 0.326 e. The van der Waals surface area contributed by atoms with Crippen LogP contribution in [0.1, 0.15) is 28.8 Å². The second kappa shape index (κ2) is 6.72. The van der Waals surface area contributed by atoms with E-state index < -0.39 is 10.8 Å². The number of nitrogens with zero attached hydrogens (tertiary/aromatic N) is 1. The fraction of sp³-hybridized carbons (Fsp3) is 0.222. The highest BCUT2D eigenvalue weighted by molar-refractivity contribution is 6.05. The average Bonchev–Trinajstić information content (AvgIpc) is 3.43. The van der Waals surface area contributed by atoms with Crippen molar-refractivity contribution < 1.29 is 14.5 Å². The van der Waals surface area contributed by atoms with E-state index in [2.05, 4.69) is 10.6 Å². The maximum absolute atomic E-state index is 12.4. The van der Waals surface area contributed by atoms with Crippen molar-refractivity contribution in [2.75, 3.05) is 10.6 Å². The molecule has 1 aliphatic carbocycles. The zero-order valence-corrected chi connectivity index (χ0v) is 13.6. The van der Waals surface area contributed by atoms with Gasteiger partial charge in [-0.3, -0.25) is 19.7 Å². The average molecular weight is 339 g/mol. The van der Waals surface area contributed by atoms with Crippen molar-refractivity contribution in [3.05, 3.63) is 63.7 Å². The minimum Gasteiger partial charge on any atom is -0.326 e. The maximum Gasteiger partial charge on any atom is 0.270 e. The number of nitrogens with one attached hydrogen (secondary N) is 2. The first-order valence-corrected chi connectivity index (χ1v) is 7.92. The molecule has 0 radical (unpaired) electrons. The first kappa shape index (κ1) is 16.6. The smallest absolute Gasteiger partial charge is 0.270 e. The quantitative estimate of drug-likeness (QED) is 0.643. The molecular formula is C18H17N3O4. The van der Waals surface area contributed by atoms with Gasteiger partial charge in [0.05, 0.1) is 4.92 Å². The van der Waals surface area contributed by atoms with E-state index in [0.717, 1.165) is 18.4 Å². The number of benzene rings is 2. The highest BCUT2D eigenvalue weighted by Gasteiger charge is 2.29. The topological polar surface area (TPSA) is 101 Å². The molecule has 0 aliphatic heterocycles. The van der Waals surface area contributed by atoms with E-state index in [1.54, 1.807) is 25.1 Å². The molecule has 1 fully saturated rings. The second-order valence-corrected chi connectivity index (χ2v) is 6.00. The van der Waals surface area contributed by atoms with E-state index in [0.29, 0.717) is 11.4 Å². The summed E-state index contributed by atoms with van der Waals surface area (Å²) in [6.45, 7) is 1.80. The van der Waals surface area contributed by atoms with E-state index in [9.17, 15) is 19.7 Å². The SMILES string of the molecule is Cc1c(NC(=O)c2cccc([N+](=O)[O-])c2)cccc1NC(=O)C1CC1. The van der Waals surface area contributed by atoms with Crippen molar-refractivity contribution >= 4 is 28.9 Å². The van der Waals surface area contributed by atoms with Gasteiger partial charge in [0.2, 0.25) is 5.91 Å². The molecule has 0 saturated heterocycles. The summed E-state index contributed by atoms with van der Waals surface area (Å²) >= 11 is 0. The lowest BCUT2D eigenvalue weighted by Gasteiger charge is -2.13. The number of rotatable bonds is 5. The molecule has 25 heavy (non-hydrogen) atoms. The van der Waals surface area contributed by atoms with Crippen molar-refractivity contribution in [2.24, 2.45) is 5.92 Å². The fourth-order valence-corrected chi connectivity index (χ4v) is 2.44. The molecule has 1 aliphatic rings. The molecule has 0 atom stereocenters. The first-order chi connectivity index (χ1) is 12.0. The summed E-state index contributed by atoms with van der Waals surface area (Å²) in [7, 11) is 0. The Hall–Kier alpha value is -3.22. The number of nitro benzene ring substituents is 1. The molecule has 2 amide bonds. The van der Waals surface area contributed by atoms with Crippen LogP contribution in [0.5, 0.6) is 0 Å². The van der Waals surface area contributed by atoms with Crippen LogP contribution in [0.15, 0.2) is 42.5 Å². The number of anilines is 2. The standard InChI is InChI=1S/C18H17N3O4/c1-11-15(19-17(22)12-8-9-12)6-3-7-16(11)20-18(23)13-4-2-5-14(10-13)21(24)25/h2-7,10,12H,8-9H2,1H3,(H,19,22)(H,20,23). The van der Waals surface area contributed by atoms with Gasteiger partial charge >= 0.3 is 0 Å². The molecule has 2 N–H and O–H groups in total. The van der Waals surface area contributed by atoms with Crippen LogP contribution in [0, 0.1) is 23.0 Å². The summed E-state index contributed by atoms with van der Waals surface area (Å²) in [6.07, 6.45) is 1.82. The van der Waals surface area contributed by atoms with E-state index in [-0.39, 0.29) is 23.1 Å². The number of carbonyl (C=O) groups excluding carboxylic acids is 2. The molecule has 1 saturated carbocycles. The molecule has 0 bridgehead atoms. The van der Waals surface area contributed by atoms with Crippen LogP contribution in [0.25, 0.3) is 0 Å². The van der Waals surface area contributed by atoms with Crippen molar-refractivity contribution in [3.8, 4) is 0 Å². The van der Waals surface area contributed by atoms with Gasteiger partial charge in [0.1, 0.15) is 0 Å². The highest BCUT2D eigenvalue weighted by atomic mass is 16.6. The lowest BCUT2D eigenvalue weighted by Crippen LogP contribution is -2.16. The summed E-state index contributed by atoms with van der Waals surface area (Å²) in [5.41, 5.74) is 1.98. The van der Waals surface area contributed by atoms with Gasteiger partial charge < -0.3 is 10.6 Å². The van der Waals surface area contributed by atoms with Crippen LogP contribution < -0.4 is 10.6 Å². The number of hydrogen-bond donors (Lipinski definition) is 2. The Bertz CT molecular complexity index is 859. The van der Waals surface area contributed by atoms with E-state index in [1.807, 2.05) is 0 Å². The van der Waals surface area contributed by atoms with Gasteiger partial charge in [-0.05, 0) is 43.5 Å². The second-order valence-electron chi connectivity index (χ2n) is 6.00. The van der Waals surface area contributed by atoms with Gasteiger partial charge in [-0.25, -0.2) is 0 Å². The van der Waals surface area contributed by atoms with Gasteiger partial charge in [-0.15, -0.1) is 0 Å². The highest BCUT2D eigenvalue weighted by Crippen LogP contribution is 2.31. The molecule has 2 aromatic carbocycles. The Kier molecular flexibility index (Phi) is 4.47. The maximum atomic E-state index is 12.4. The minimum absolute atomic E-state index is 0.00902. The summed E-state index contributed by atoms with van der Waals surface area (Å²) in [6, 6.07) is 10.8. The number of non-ortho nitro benzene ring substituents is 1. The van der Waals surface area contributed by atoms with E-state index in [4.69, 9.17) is 0 Å². The number of amides is 2. The zero-order chi connectivity index (χ0) is 18.0. The predicted molar refractivity (Wildman–Crippen MR) is 93.6 cm³/mol. The Morgan fingerprint density at radius 1 is 1.08 bits per heavy atom. The molecule has 2 aromatic rings. The van der Waals surface area contributed by atoms with Gasteiger partial charge in [-0.1, -0.05) is 12.1 Å². The summed E-state index contributed by atoms with van der Waals surface area (Å²) in [5, 5.41) is 16.4. The molecule has 0 spiro atoms. The zero-order valence-electron chi connectivity index (χ0n) is 13.6. The summed E-state index contributed by atoms with van der Waals surface area (Å²) in [5.74, 6) is -0.370. The molecule has 3 rings (SSSR count). The van der Waals surface area contributed by atoms with Crippen LogP contribution in [0.3, 0.4) is 0 Å². The van der Waals surface area contributed by atoms with Crippen LogP contribution >= 0.6 is 0 Å². The van der Waals surface area contributed by atoms with Gasteiger partial charge in [-0.2, -0.15) is 0 Å². The van der Waals surface area contributed by atoms with Crippen LogP contribution in [0.4, 0.5) is 17.1 Å². The van der Waals surface area contributed by atoms with Crippen molar-refractivity contribution in [3.63, 3.8) is 0 Å². The first-order valence-electron chi connectivity index (χ1n) is 7.92. The summed E-state index contributed by atoms with van der Waals surface area (Å²) in [4.78, 5) is 34.6. The van der Waals surface area contributed by atoms with Crippen molar-refractivity contribution in [2.45, 2.75) is 19.8 Å². The lowest BCUT2D eigenvalue weighted by molar-refractivity contribution is -0.384. The molecular weight excluding hydrogens is 322 g/mol. The van der Waals surface area contributed by atoms with E-state index >= 15 is 0 Å². The fourth-order valence-electron chi connectivity index (χ4n) is 2.44. The third-order valence-electron chi connectivity index (χ3n) is 4.11. The van der Waals surface area contributed by atoms with Crippen molar-refractivity contribution in [1.29, 1.82) is 0 Å². The normalized spacial score (nSPS) is 13.2. The third kappa shape index (κ3) is 3.82.